The minimum absolute atomic E-state index is 0.0585. The molecule has 6 nitrogen and oxygen atoms in total. The molecule has 0 spiro atoms. The summed E-state index contributed by atoms with van der Waals surface area (Å²) in [5, 5.41) is 4.04. The van der Waals surface area contributed by atoms with E-state index in [0.717, 1.165) is 23.1 Å². The van der Waals surface area contributed by atoms with Crippen molar-refractivity contribution in [1.82, 2.24) is 9.88 Å². The zero-order valence-corrected chi connectivity index (χ0v) is 15.1. The minimum Gasteiger partial charge on any atom is -0.381 e. The number of halogens is 1. The lowest BCUT2D eigenvalue weighted by Crippen LogP contribution is -2.40. The van der Waals surface area contributed by atoms with E-state index in [2.05, 4.69) is 10.3 Å². The molecule has 2 fully saturated rings. The Morgan fingerprint density at radius 1 is 1.36 bits per heavy atom. The van der Waals surface area contributed by atoms with E-state index in [4.69, 9.17) is 16.3 Å². The molecular weight excluding hydrogens is 362 g/mol. The second-order valence-electron chi connectivity index (χ2n) is 6.41. The summed E-state index contributed by atoms with van der Waals surface area (Å²) in [5.74, 6) is -0.415. The SMILES string of the molecule is O=C(Nc1nc2ccc(Cl)cc2s1)C1CC(=O)N(C2CCOCC2)C1. The number of anilines is 1. The lowest BCUT2D eigenvalue weighted by atomic mass is 10.1. The van der Waals surface area contributed by atoms with Gasteiger partial charge in [-0.25, -0.2) is 4.98 Å². The van der Waals surface area contributed by atoms with Crippen molar-refractivity contribution in [2.45, 2.75) is 25.3 Å². The van der Waals surface area contributed by atoms with Crippen LogP contribution in [0.1, 0.15) is 19.3 Å². The standard InChI is InChI=1S/C17H18ClN3O3S/c18-11-1-2-13-14(8-11)25-17(19-13)20-16(23)10-7-15(22)21(9-10)12-3-5-24-6-4-12/h1-2,8,10,12H,3-7,9H2,(H,19,20,23). The maximum absolute atomic E-state index is 12.6. The lowest BCUT2D eigenvalue weighted by molar-refractivity contribution is -0.131. The van der Waals surface area contributed by atoms with Crippen LogP contribution < -0.4 is 5.32 Å². The summed E-state index contributed by atoms with van der Waals surface area (Å²) in [4.78, 5) is 31.1. The van der Waals surface area contributed by atoms with Crippen molar-refractivity contribution in [2.24, 2.45) is 5.92 Å². The molecule has 2 aromatic rings. The number of amides is 2. The average molecular weight is 380 g/mol. The molecule has 0 bridgehead atoms. The number of ether oxygens (including phenoxy) is 1. The molecule has 0 aliphatic carbocycles. The third-order valence-corrected chi connectivity index (χ3v) is 5.91. The molecule has 8 heteroatoms. The number of aromatic nitrogens is 1. The van der Waals surface area contributed by atoms with Crippen LogP contribution in [-0.4, -0.2) is 47.5 Å². The summed E-state index contributed by atoms with van der Waals surface area (Å²) in [6.07, 6.45) is 1.96. The van der Waals surface area contributed by atoms with Gasteiger partial charge in [0.15, 0.2) is 5.13 Å². The fourth-order valence-corrected chi connectivity index (χ4v) is 4.56. The molecular formula is C17H18ClN3O3S. The average Bonchev–Trinajstić information content (AvgIpc) is 3.18. The van der Waals surface area contributed by atoms with Crippen LogP contribution in [0.5, 0.6) is 0 Å². The van der Waals surface area contributed by atoms with E-state index in [0.29, 0.717) is 29.9 Å². The Morgan fingerprint density at radius 2 is 2.16 bits per heavy atom. The first-order chi connectivity index (χ1) is 12.1. The molecule has 2 amide bonds. The summed E-state index contributed by atoms with van der Waals surface area (Å²) in [6.45, 7) is 1.84. The largest absolute Gasteiger partial charge is 0.381 e. The maximum atomic E-state index is 12.6. The molecule has 132 valence electrons. The van der Waals surface area contributed by atoms with Gasteiger partial charge in [-0.05, 0) is 31.0 Å². The summed E-state index contributed by atoms with van der Waals surface area (Å²) < 4.78 is 6.28. The van der Waals surface area contributed by atoms with Gasteiger partial charge in [0.2, 0.25) is 11.8 Å². The molecule has 0 saturated carbocycles. The highest BCUT2D eigenvalue weighted by Crippen LogP contribution is 2.30. The second kappa shape index (κ2) is 6.90. The van der Waals surface area contributed by atoms with Gasteiger partial charge in [-0.2, -0.15) is 0 Å². The molecule has 25 heavy (non-hydrogen) atoms. The number of nitrogens with one attached hydrogen (secondary N) is 1. The smallest absolute Gasteiger partial charge is 0.231 e. The van der Waals surface area contributed by atoms with Gasteiger partial charge in [-0.3, -0.25) is 9.59 Å². The van der Waals surface area contributed by atoms with Gasteiger partial charge >= 0.3 is 0 Å². The Kier molecular flexibility index (Phi) is 4.62. The van der Waals surface area contributed by atoms with Gasteiger partial charge in [-0.1, -0.05) is 22.9 Å². The third kappa shape index (κ3) is 3.49. The molecule has 1 unspecified atom stereocenters. The first kappa shape index (κ1) is 16.8. The highest BCUT2D eigenvalue weighted by molar-refractivity contribution is 7.22. The summed E-state index contributed by atoms with van der Waals surface area (Å²) in [6, 6.07) is 5.63. The number of hydrogen-bond acceptors (Lipinski definition) is 5. The predicted molar refractivity (Wildman–Crippen MR) is 96.9 cm³/mol. The molecule has 1 aromatic heterocycles. The Balaban J connectivity index is 1.43. The van der Waals surface area contributed by atoms with Crippen LogP contribution in [0.2, 0.25) is 5.02 Å². The van der Waals surface area contributed by atoms with Gasteiger partial charge in [0.1, 0.15) is 0 Å². The highest BCUT2D eigenvalue weighted by atomic mass is 35.5. The molecule has 1 aromatic carbocycles. The Hall–Kier alpha value is -1.70. The molecule has 4 rings (SSSR count). The predicted octanol–water partition coefficient (Wildman–Crippen LogP) is 2.92. The number of carbonyl (C=O) groups is 2. The molecule has 1 atom stereocenters. The number of rotatable bonds is 3. The van der Waals surface area contributed by atoms with Gasteiger partial charge < -0.3 is 15.0 Å². The minimum atomic E-state index is -0.328. The van der Waals surface area contributed by atoms with Crippen molar-refractivity contribution >= 4 is 50.1 Å². The zero-order chi connectivity index (χ0) is 17.4. The Bertz CT molecular complexity index is 819. The molecule has 0 radical (unpaired) electrons. The quantitative estimate of drug-likeness (QED) is 0.890. The van der Waals surface area contributed by atoms with Crippen LogP contribution in [-0.2, 0) is 14.3 Å². The Morgan fingerprint density at radius 3 is 2.96 bits per heavy atom. The molecule has 2 aliphatic heterocycles. The van der Waals surface area contributed by atoms with E-state index in [9.17, 15) is 9.59 Å². The summed E-state index contributed by atoms with van der Waals surface area (Å²) in [5.41, 5.74) is 0.802. The van der Waals surface area contributed by atoms with Crippen LogP contribution in [0, 0.1) is 5.92 Å². The Labute approximate surface area is 154 Å². The van der Waals surface area contributed by atoms with Gasteiger partial charge in [-0.15, -0.1) is 0 Å². The molecule has 3 heterocycles. The number of fused-ring (bicyclic) bond motifs is 1. The number of nitrogens with zero attached hydrogens (tertiary/aromatic N) is 2. The number of thiazole rings is 1. The van der Waals surface area contributed by atoms with E-state index in [1.165, 1.54) is 11.3 Å². The lowest BCUT2D eigenvalue weighted by Gasteiger charge is -2.31. The van der Waals surface area contributed by atoms with Gasteiger partial charge in [0, 0.05) is 37.2 Å². The maximum Gasteiger partial charge on any atom is 0.231 e. The fraction of sp³-hybridized carbons (Fsp3) is 0.471. The van der Waals surface area contributed by atoms with Gasteiger partial charge in [0.05, 0.1) is 16.1 Å². The topological polar surface area (TPSA) is 71.5 Å². The number of carbonyl (C=O) groups excluding carboxylic acids is 2. The number of benzene rings is 1. The molecule has 2 saturated heterocycles. The van der Waals surface area contributed by atoms with Crippen molar-refractivity contribution in [3.05, 3.63) is 23.2 Å². The van der Waals surface area contributed by atoms with Crippen molar-refractivity contribution in [3.63, 3.8) is 0 Å². The first-order valence-electron chi connectivity index (χ1n) is 8.34. The van der Waals surface area contributed by atoms with Crippen LogP contribution >= 0.6 is 22.9 Å². The second-order valence-corrected chi connectivity index (χ2v) is 7.88. The van der Waals surface area contributed by atoms with Crippen LogP contribution in [0.25, 0.3) is 10.2 Å². The monoisotopic (exact) mass is 379 g/mol. The number of likely N-dealkylation sites (tertiary alicyclic amines) is 1. The van der Waals surface area contributed by atoms with Gasteiger partial charge in [0.25, 0.3) is 0 Å². The van der Waals surface area contributed by atoms with Crippen LogP contribution in [0.15, 0.2) is 18.2 Å². The van der Waals surface area contributed by atoms with E-state index in [1.807, 2.05) is 17.0 Å². The fourth-order valence-electron chi connectivity index (χ4n) is 3.42. The van der Waals surface area contributed by atoms with E-state index < -0.39 is 0 Å². The van der Waals surface area contributed by atoms with Crippen LogP contribution in [0.4, 0.5) is 5.13 Å². The summed E-state index contributed by atoms with van der Waals surface area (Å²) in [7, 11) is 0. The van der Waals surface area contributed by atoms with Crippen LogP contribution in [0.3, 0.4) is 0 Å². The molecule has 2 aliphatic rings. The van der Waals surface area contributed by atoms with E-state index in [1.54, 1.807) is 6.07 Å². The van der Waals surface area contributed by atoms with Crippen molar-refractivity contribution < 1.29 is 14.3 Å². The highest BCUT2D eigenvalue weighted by Gasteiger charge is 2.38. The van der Waals surface area contributed by atoms with Crippen molar-refractivity contribution in [2.75, 3.05) is 25.1 Å². The van der Waals surface area contributed by atoms with E-state index in [-0.39, 0.29) is 30.2 Å². The number of hydrogen-bond donors (Lipinski definition) is 1. The normalized spacial score (nSPS) is 21.9. The zero-order valence-electron chi connectivity index (χ0n) is 13.5. The van der Waals surface area contributed by atoms with Crippen molar-refractivity contribution in [3.8, 4) is 0 Å². The van der Waals surface area contributed by atoms with Crippen molar-refractivity contribution in [1.29, 1.82) is 0 Å². The summed E-state index contributed by atoms with van der Waals surface area (Å²) >= 11 is 7.37. The van der Waals surface area contributed by atoms with E-state index >= 15 is 0 Å². The first-order valence-corrected chi connectivity index (χ1v) is 9.54. The molecule has 1 N–H and O–H groups in total. The third-order valence-electron chi connectivity index (χ3n) is 4.74.